The molecular weight excluding hydrogens is 226 g/mol. The molecule has 1 rings (SSSR count). The molecule has 6 heteroatoms. The van der Waals surface area contributed by atoms with Crippen LogP contribution in [0.5, 0.6) is 0 Å². The Bertz CT molecular complexity index is 361. The average Bonchev–Trinajstić information content (AvgIpc) is 2.26. The summed E-state index contributed by atoms with van der Waals surface area (Å²) in [5, 5.41) is 8.60. The molecule has 0 saturated carbocycles. The molecule has 1 heterocycles. The lowest BCUT2D eigenvalue weighted by Gasteiger charge is -2.32. The second kappa shape index (κ2) is 5.62. The summed E-state index contributed by atoms with van der Waals surface area (Å²) in [5.74, 6) is -0.296. The van der Waals surface area contributed by atoms with Crippen molar-refractivity contribution in [2.75, 3.05) is 13.1 Å². The predicted molar refractivity (Wildman–Crippen MR) is 61.7 cm³/mol. The summed E-state index contributed by atoms with van der Waals surface area (Å²) in [6.07, 6.45) is 2.91. The van der Waals surface area contributed by atoms with Crippen molar-refractivity contribution in [3.8, 4) is 6.07 Å². The van der Waals surface area contributed by atoms with Crippen molar-refractivity contribution in [1.29, 1.82) is 5.26 Å². The van der Waals surface area contributed by atoms with Gasteiger partial charge in [-0.25, -0.2) is 4.72 Å². The van der Waals surface area contributed by atoms with Gasteiger partial charge in [0.25, 0.3) is 10.2 Å². The molecule has 0 amide bonds. The predicted octanol–water partition coefficient (Wildman–Crippen LogP) is 0.855. The van der Waals surface area contributed by atoms with E-state index in [2.05, 4.69) is 4.72 Å². The van der Waals surface area contributed by atoms with Crippen LogP contribution in [-0.4, -0.2) is 31.9 Å². The molecule has 0 aromatic rings. The standard InChI is InChI=1S/C10H19N3O2S/c1-9(7-11)8-12-16(14,15)13-6-4-3-5-10(13)2/h9-10,12H,3-6,8H2,1-2H3. The van der Waals surface area contributed by atoms with Crippen molar-refractivity contribution in [3.63, 3.8) is 0 Å². The molecule has 0 aliphatic carbocycles. The van der Waals surface area contributed by atoms with E-state index in [1.165, 1.54) is 4.31 Å². The zero-order valence-electron chi connectivity index (χ0n) is 9.81. The number of piperidine rings is 1. The third kappa shape index (κ3) is 3.44. The second-order valence-corrected chi connectivity index (χ2v) is 6.05. The summed E-state index contributed by atoms with van der Waals surface area (Å²) >= 11 is 0. The lowest BCUT2D eigenvalue weighted by molar-refractivity contribution is 0.265. The third-order valence-electron chi connectivity index (χ3n) is 2.84. The SMILES string of the molecule is CC(C#N)CNS(=O)(=O)N1CCCCC1C. The molecule has 92 valence electrons. The van der Waals surface area contributed by atoms with Gasteiger partial charge in [0.05, 0.1) is 12.0 Å². The summed E-state index contributed by atoms with van der Waals surface area (Å²) in [4.78, 5) is 0. The van der Waals surface area contributed by atoms with Crippen LogP contribution in [0.3, 0.4) is 0 Å². The molecule has 16 heavy (non-hydrogen) atoms. The average molecular weight is 245 g/mol. The smallest absolute Gasteiger partial charge is 0.201 e. The zero-order valence-corrected chi connectivity index (χ0v) is 10.6. The molecular formula is C10H19N3O2S. The fourth-order valence-electron chi connectivity index (χ4n) is 1.79. The molecule has 2 atom stereocenters. The maximum absolute atomic E-state index is 11.9. The topological polar surface area (TPSA) is 73.2 Å². The van der Waals surface area contributed by atoms with Gasteiger partial charge in [-0.3, -0.25) is 0 Å². The van der Waals surface area contributed by atoms with Crippen molar-refractivity contribution in [2.45, 2.75) is 39.2 Å². The Morgan fingerprint density at radius 1 is 1.56 bits per heavy atom. The van der Waals surface area contributed by atoms with Gasteiger partial charge in [-0.15, -0.1) is 0 Å². The minimum atomic E-state index is -3.41. The van der Waals surface area contributed by atoms with Gasteiger partial charge in [-0.05, 0) is 26.7 Å². The summed E-state index contributed by atoms with van der Waals surface area (Å²) in [7, 11) is -3.41. The lowest BCUT2D eigenvalue weighted by Crippen LogP contribution is -2.48. The Labute approximate surface area is 97.6 Å². The summed E-state index contributed by atoms with van der Waals surface area (Å²) < 4.78 is 27.8. The lowest BCUT2D eigenvalue weighted by atomic mass is 10.1. The number of nitrogens with zero attached hydrogens (tertiary/aromatic N) is 2. The Morgan fingerprint density at radius 3 is 2.81 bits per heavy atom. The third-order valence-corrected chi connectivity index (χ3v) is 4.53. The molecule has 2 unspecified atom stereocenters. The van der Waals surface area contributed by atoms with E-state index in [-0.39, 0.29) is 18.5 Å². The van der Waals surface area contributed by atoms with Gasteiger partial charge < -0.3 is 0 Å². The fraction of sp³-hybridized carbons (Fsp3) is 0.900. The van der Waals surface area contributed by atoms with Crippen LogP contribution in [0.2, 0.25) is 0 Å². The molecule has 0 bridgehead atoms. The van der Waals surface area contributed by atoms with Crippen LogP contribution >= 0.6 is 0 Å². The van der Waals surface area contributed by atoms with Crippen molar-refractivity contribution < 1.29 is 8.42 Å². The second-order valence-electron chi connectivity index (χ2n) is 4.34. The first-order valence-corrected chi connectivity index (χ1v) is 7.07. The van der Waals surface area contributed by atoms with E-state index in [1.54, 1.807) is 6.92 Å². The van der Waals surface area contributed by atoms with Crippen LogP contribution in [0, 0.1) is 17.2 Å². The maximum Gasteiger partial charge on any atom is 0.279 e. The minimum absolute atomic E-state index is 0.0589. The van der Waals surface area contributed by atoms with Gasteiger partial charge in [0, 0.05) is 19.1 Å². The van der Waals surface area contributed by atoms with Gasteiger partial charge in [0.2, 0.25) is 0 Å². The molecule has 0 aromatic heterocycles. The van der Waals surface area contributed by atoms with Gasteiger partial charge >= 0.3 is 0 Å². The quantitative estimate of drug-likeness (QED) is 0.798. The Kier molecular flexibility index (Phi) is 4.71. The maximum atomic E-state index is 11.9. The highest BCUT2D eigenvalue weighted by Crippen LogP contribution is 2.18. The molecule has 1 aliphatic heterocycles. The van der Waals surface area contributed by atoms with E-state index < -0.39 is 10.2 Å². The Morgan fingerprint density at radius 2 is 2.25 bits per heavy atom. The first kappa shape index (κ1) is 13.4. The van der Waals surface area contributed by atoms with E-state index in [1.807, 2.05) is 13.0 Å². The minimum Gasteiger partial charge on any atom is -0.201 e. The van der Waals surface area contributed by atoms with Crippen molar-refractivity contribution in [3.05, 3.63) is 0 Å². The van der Waals surface area contributed by atoms with Crippen LogP contribution in [-0.2, 0) is 10.2 Å². The largest absolute Gasteiger partial charge is 0.279 e. The van der Waals surface area contributed by atoms with Gasteiger partial charge in [0.15, 0.2) is 0 Å². The van der Waals surface area contributed by atoms with E-state index >= 15 is 0 Å². The van der Waals surface area contributed by atoms with E-state index in [9.17, 15) is 8.42 Å². The monoisotopic (exact) mass is 245 g/mol. The molecule has 1 N–H and O–H groups in total. The van der Waals surface area contributed by atoms with Crippen LogP contribution in [0.25, 0.3) is 0 Å². The van der Waals surface area contributed by atoms with E-state index in [0.717, 1.165) is 19.3 Å². The molecule has 5 nitrogen and oxygen atoms in total. The molecule has 0 aromatic carbocycles. The van der Waals surface area contributed by atoms with Gasteiger partial charge in [-0.2, -0.15) is 18.0 Å². The summed E-state index contributed by atoms with van der Waals surface area (Å²) in [6, 6.07) is 2.07. The number of rotatable bonds is 4. The highest BCUT2D eigenvalue weighted by molar-refractivity contribution is 7.87. The highest BCUT2D eigenvalue weighted by atomic mass is 32.2. The van der Waals surface area contributed by atoms with Crippen molar-refractivity contribution in [2.24, 2.45) is 5.92 Å². The van der Waals surface area contributed by atoms with Crippen LogP contribution in [0.15, 0.2) is 0 Å². The van der Waals surface area contributed by atoms with Crippen LogP contribution < -0.4 is 4.72 Å². The van der Waals surface area contributed by atoms with E-state index in [0.29, 0.717) is 6.54 Å². The highest BCUT2D eigenvalue weighted by Gasteiger charge is 2.29. The van der Waals surface area contributed by atoms with Crippen LogP contribution in [0.1, 0.15) is 33.1 Å². The van der Waals surface area contributed by atoms with Crippen molar-refractivity contribution in [1.82, 2.24) is 9.03 Å². The molecule has 1 fully saturated rings. The molecule has 0 radical (unpaired) electrons. The zero-order chi connectivity index (χ0) is 12.2. The number of nitrogens with one attached hydrogen (secondary N) is 1. The first-order valence-electron chi connectivity index (χ1n) is 5.63. The Balaban J connectivity index is 2.59. The van der Waals surface area contributed by atoms with Crippen molar-refractivity contribution >= 4 is 10.2 Å². The van der Waals surface area contributed by atoms with Crippen LogP contribution in [0.4, 0.5) is 0 Å². The fourth-order valence-corrected chi connectivity index (χ4v) is 3.36. The van der Waals surface area contributed by atoms with Gasteiger partial charge in [-0.1, -0.05) is 6.42 Å². The number of hydrogen-bond acceptors (Lipinski definition) is 3. The number of nitriles is 1. The molecule has 1 saturated heterocycles. The summed E-state index contributed by atoms with van der Waals surface area (Å²) in [5.41, 5.74) is 0. The van der Waals surface area contributed by atoms with E-state index in [4.69, 9.17) is 5.26 Å². The summed E-state index contributed by atoms with van der Waals surface area (Å²) in [6.45, 7) is 4.38. The van der Waals surface area contributed by atoms with Gasteiger partial charge in [0.1, 0.15) is 0 Å². The normalized spacial score (nSPS) is 24.9. The Hall–Kier alpha value is -0.640. The number of hydrogen-bond donors (Lipinski definition) is 1. The molecule has 1 aliphatic rings. The first-order chi connectivity index (χ1) is 7.47. The molecule has 0 spiro atoms.